The maximum absolute atomic E-state index is 5.94. The average molecular weight is 246 g/mol. The van der Waals surface area contributed by atoms with E-state index in [9.17, 15) is 0 Å². The standard InChI is InChI=1S/C16H26N2/c1-2-15(12-17)16-10-6-7-11-18(16)13-14-8-4-3-5-9-14/h3-5,8-9,15-16H,2,6-7,10-13,17H2,1H3. The van der Waals surface area contributed by atoms with Crippen molar-refractivity contribution >= 4 is 0 Å². The van der Waals surface area contributed by atoms with Gasteiger partial charge in [-0.05, 0) is 37.4 Å². The highest BCUT2D eigenvalue weighted by Crippen LogP contribution is 2.26. The number of piperidine rings is 1. The number of nitrogens with zero attached hydrogens (tertiary/aromatic N) is 1. The Morgan fingerprint density at radius 3 is 2.72 bits per heavy atom. The zero-order valence-corrected chi connectivity index (χ0v) is 11.5. The van der Waals surface area contributed by atoms with Gasteiger partial charge in [0.15, 0.2) is 0 Å². The van der Waals surface area contributed by atoms with Gasteiger partial charge in [-0.3, -0.25) is 4.90 Å². The van der Waals surface area contributed by atoms with E-state index in [1.165, 1.54) is 37.8 Å². The molecule has 1 aliphatic rings. The lowest BCUT2D eigenvalue weighted by molar-refractivity contribution is 0.0926. The molecule has 0 amide bonds. The molecule has 2 unspecified atom stereocenters. The molecular weight excluding hydrogens is 220 g/mol. The van der Waals surface area contributed by atoms with Gasteiger partial charge in [-0.2, -0.15) is 0 Å². The molecule has 2 rings (SSSR count). The summed E-state index contributed by atoms with van der Waals surface area (Å²) in [6, 6.07) is 11.5. The van der Waals surface area contributed by atoms with Crippen LogP contribution in [0.1, 0.15) is 38.2 Å². The van der Waals surface area contributed by atoms with Gasteiger partial charge in [0.05, 0.1) is 0 Å². The van der Waals surface area contributed by atoms with Crippen LogP contribution in [0.5, 0.6) is 0 Å². The van der Waals surface area contributed by atoms with Crippen molar-refractivity contribution in [2.75, 3.05) is 13.1 Å². The van der Waals surface area contributed by atoms with E-state index in [0.29, 0.717) is 12.0 Å². The summed E-state index contributed by atoms with van der Waals surface area (Å²) >= 11 is 0. The molecule has 1 saturated heterocycles. The Balaban J connectivity index is 2.03. The first-order chi connectivity index (χ1) is 8.85. The van der Waals surface area contributed by atoms with Crippen LogP contribution in [0.2, 0.25) is 0 Å². The fourth-order valence-electron chi connectivity index (χ4n) is 3.16. The molecule has 0 saturated carbocycles. The second-order valence-electron chi connectivity index (χ2n) is 5.42. The first-order valence-corrected chi connectivity index (χ1v) is 7.33. The van der Waals surface area contributed by atoms with Crippen LogP contribution in [0.15, 0.2) is 30.3 Å². The van der Waals surface area contributed by atoms with Gasteiger partial charge in [0.25, 0.3) is 0 Å². The van der Waals surface area contributed by atoms with Crippen molar-refractivity contribution in [3.8, 4) is 0 Å². The van der Waals surface area contributed by atoms with Crippen molar-refractivity contribution < 1.29 is 0 Å². The third kappa shape index (κ3) is 3.33. The third-order valence-corrected chi connectivity index (χ3v) is 4.26. The van der Waals surface area contributed by atoms with Crippen molar-refractivity contribution in [2.45, 2.75) is 45.2 Å². The van der Waals surface area contributed by atoms with Gasteiger partial charge in [0.1, 0.15) is 0 Å². The number of hydrogen-bond donors (Lipinski definition) is 1. The first-order valence-electron chi connectivity index (χ1n) is 7.33. The van der Waals surface area contributed by atoms with Crippen molar-refractivity contribution in [3.63, 3.8) is 0 Å². The molecule has 1 heterocycles. The summed E-state index contributed by atoms with van der Waals surface area (Å²) in [5.74, 6) is 0.661. The minimum Gasteiger partial charge on any atom is -0.330 e. The fourth-order valence-corrected chi connectivity index (χ4v) is 3.16. The van der Waals surface area contributed by atoms with Gasteiger partial charge in [-0.15, -0.1) is 0 Å². The van der Waals surface area contributed by atoms with Crippen molar-refractivity contribution in [1.82, 2.24) is 4.90 Å². The zero-order chi connectivity index (χ0) is 12.8. The lowest BCUT2D eigenvalue weighted by Crippen LogP contribution is -2.45. The molecule has 100 valence electrons. The Kier molecular flexibility index (Phi) is 5.21. The van der Waals surface area contributed by atoms with Gasteiger partial charge >= 0.3 is 0 Å². The molecule has 1 fully saturated rings. The van der Waals surface area contributed by atoms with Crippen LogP contribution < -0.4 is 5.73 Å². The van der Waals surface area contributed by atoms with Crippen molar-refractivity contribution in [2.24, 2.45) is 11.7 Å². The molecular formula is C16H26N2. The van der Waals surface area contributed by atoms with E-state index in [0.717, 1.165) is 13.1 Å². The maximum atomic E-state index is 5.94. The van der Waals surface area contributed by atoms with Crippen LogP contribution >= 0.6 is 0 Å². The maximum Gasteiger partial charge on any atom is 0.0236 e. The lowest BCUT2D eigenvalue weighted by atomic mass is 9.88. The normalized spacial score (nSPS) is 22.9. The Morgan fingerprint density at radius 2 is 2.06 bits per heavy atom. The third-order valence-electron chi connectivity index (χ3n) is 4.26. The van der Waals surface area contributed by atoms with Gasteiger partial charge in [-0.25, -0.2) is 0 Å². The molecule has 2 nitrogen and oxygen atoms in total. The zero-order valence-electron chi connectivity index (χ0n) is 11.5. The van der Waals surface area contributed by atoms with Crippen molar-refractivity contribution in [1.29, 1.82) is 0 Å². The second kappa shape index (κ2) is 6.91. The molecule has 2 atom stereocenters. The number of nitrogens with two attached hydrogens (primary N) is 1. The fraction of sp³-hybridized carbons (Fsp3) is 0.625. The summed E-state index contributed by atoms with van der Waals surface area (Å²) in [4.78, 5) is 2.65. The lowest BCUT2D eigenvalue weighted by Gasteiger charge is -2.40. The van der Waals surface area contributed by atoms with E-state index < -0.39 is 0 Å². The molecule has 18 heavy (non-hydrogen) atoms. The quantitative estimate of drug-likeness (QED) is 0.865. The molecule has 2 heteroatoms. The van der Waals surface area contributed by atoms with E-state index >= 15 is 0 Å². The van der Waals surface area contributed by atoms with Crippen LogP contribution in [-0.4, -0.2) is 24.0 Å². The average Bonchev–Trinajstić information content (AvgIpc) is 2.43. The van der Waals surface area contributed by atoms with E-state index in [4.69, 9.17) is 5.73 Å². The van der Waals surface area contributed by atoms with E-state index in [1.807, 2.05) is 0 Å². The molecule has 1 aliphatic heterocycles. The monoisotopic (exact) mass is 246 g/mol. The first kappa shape index (κ1) is 13.6. The number of benzene rings is 1. The largest absolute Gasteiger partial charge is 0.330 e. The Hall–Kier alpha value is -0.860. The Bertz CT molecular complexity index is 332. The molecule has 0 radical (unpaired) electrons. The topological polar surface area (TPSA) is 29.3 Å². The Labute approximate surface area is 111 Å². The minimum atomic E-state index is 0.661. The van der Waals surface area contributed by atoms with Crippen LogP contribution in [-0.2, 0) is 6.54 Å². The number of hydrogen-bond acceptors (Lipinski definition) is 2. The van der Waals surface area contributed by atoms with Crippen LogP contribution in [0.4, 0.5) is 0 Å². The molecule has 1 aromatic rings. The van der Waals surface area contributed by atoms with Gasteiger partial charge in [0.2, 0.25) is 0 Å². The van der Waals surface area contributed by atoms with E-state index in [-0.39, 0.29) is 0 Å². The predicted octanol–water partition coefficient (Wildman–Crippen LogP) is 3.03. The highest BCUT2D eigenvalue weighted by molar-refractivity contribution is 5.14. The van der Waals surface area contributed by atoms with Gasteiger partial charge in [-0.1, -0.05) is 50.1 Å². The highest BCUT2D eigenvalue weighted by Gasteiger charge is 2.27. The van der Waals surface area contributed by atoms with Gasteiger partial charge < -0.3 is 5.73 Å². The van der Waals surface area contributed by atoms with Crippen LogP contribution in [0, 0.1) is 5.92 Å². The summed E-state index contributed by atoms with van der Waals surface area (Å²) in [7, 11) is 0. The highest BCUT2D eigenvalue weighted by atomic mass is 15.2. The number of rotatable bonds is 5. The molecule has 0 bridgehead atoms. The summed E-state index contributed by atoms with van der Waals surface area (Å²) in [5.41, 5.74) is 7.37. The number of likely N-dealkylation sites (tertiary alicyclic amines) is 1. The van der Waals surface area contributed by atoms with Crippen LogP contribution in [0.3, 0.4) is 0 Å². The van der Waals surface area contributed by atoms with E-state index in [1.54, 1.807) is 0 Å². The second-order valence-corrected chi connectivity index (χ2v) is 5.42. The van der Waals surface area contributed by atoms with Crippen LogP contribution in [0.25, 0.3) is 0 Å². The predicted molar refractivity (Wildman–Crippen MR) is 77.3 cm³/mol. The Morgan fingerprint density at radius 1 is 1.28 bits per heavy atom. The molecule has 2 N–H and O–H groups in total. The summed E-state index contributed by atoms with van der Waals surface area (Å²) in [6.07, 6.45) is 5.23. The minimum absolute atomic E-state index is 0.661. The molecule has 0 aromatic heterocycles. The summed E-state index contributed by atoms with van der Waals surface area (Å²) in [6.45, 7) is 5.41. The van der Waals surface area contributed by atoms with Gasteiger partial charge in [0, 0.05) is 12.6 Å². The summed E-state index contributed by atoms with van der Waals surface area (Å²) in [5, 5.41) is 0. The SMILES string of the molecule is CCC(CN)C1CCCCN1Cc1ccccc1. The molecule has 1 aromatic carbocycles. The van der Waals surface area contributed by atoms with E-state index in [2.05, 4.69) is 42.2 Å². The molecule has 0 aliphatic carbocycles. The van der Waals surface area contributed by atoms with Crippen molar-refractivity contribution in [3.05, 3.63) is 35.9 Å². The summed E-state index contributed by atoms with van der Waals surface area (Å²) < 4.78 is 0. The smallest absolute Gasteiger partial charge is 0.0236 e. The molecule has 0 spiro atoms.